The number of nitrogens with zero attached hydrogens (tertiary/aromatic N) is 2. The van der Waals surface area contributed by atoms with Crippen LogP contribution >= 0.6 is 11.3 Å². The van der Waals surface area contributed by atoms with E-state index in [2.05, 4.69) is 4.90 Å². The number of hydrogen-bond acceptors (Lipinski definition) is 6. The van der Waals surface area contributed by atoms with Crippen molar-refractivity contribution in [3.8, 4) is 0 Å². The zero-order valence-electron chi connectivity index (χ0n) is 15.4. The molecule has 0 saturated carbocycles. The quantitative estimate of drug-likeness (QED) is 0.611. The summed E-state index contributed by atoms with van der Waals surface area (Å²) < 4.78 is 34.0. The van der Waals surface area contributed by atoms with Crippen molar-refractivity contribution < 1.29 is 17.9 Å². The minimum Gasteiger partial charge on any atom is -0.465 e. The molecule has 0 bridgehead atoms. The van der Waals surface area contributed by atoms with Gasteiger partial charge in [-0.25, -0.2) is 13.2 Å². The number of methoxy groups -OCH3 is 1. The maximum atomic E-state index is 13.5. The third-order valence-corrected chi connectivity index (χ3v) is 8.14. The zero-order valence-corrected chi connectivity index (χ0v) is 17.0. The third kappa shape index (κ3) is 3.28. The molecule has 0 atom stereocenters. The summed E-state index contributed by atoms with van der Waals surface area (Å²) in [6, 6.07) is 17.1. The molecule has 0 spiro atoms. The van der Waals surface area contributed by atoms with Crippen LogP contribution in [-0.4, -0.2) is 52.0 Å². The van der Waals surface area contributed by atoms with E-state index < -0.39 is 16.0 Å². The van der Waals surface area contributed by atoms with Gasteiger partial charge >= 0.3 is 5.97 Å². The molecule has 0 aliphatic carbocycles. The molecule has 2 aromatic carbocycles. The molecular weight excluding hydrogens is 396 g/mol. The Balaban J connectivity index is 1.67. The van der Waals surface area contributed by atoms with E-state index in [0.717, 1.165) is 21.7 Å². The summed E-state index contributed by atoms with van der Waals surface area (Å²) in [7, 11) is -2.55. The molecule has 4 rings (SSSR count). The highest BCUT2D eigenvalue weighted by atomic mass is 32.2. The molecule has 1 fully saturated rings. The van der Waals surface area contributed by atoms with Crippen LogP contribution in [0, 0.1) is 0 Å². The van der Waals surface area contributed by atoms with Crippen LogP contribution in [0.15, 0.2) is 59.5 Å². The van der Waals surface area contributed by atoms with Crippen molar-refractivity contribution >= 4 is 43.1 Å². The third-order valence-electron chi connectivity index (χ3n) is 4.88. The molecule has 0 N–H and O–H groups in total. The second-order valence-corrected chi connectivity index (χ2v) is 9.40. The number of anilines is 1. The van der Waals surface area contributed by atoms with Crippen LogP contribution in [0.4, 0.5) is 5.69 Å². The lowest BCUT2D eigenvalue weighted by Crippen LogP contribution is -2.48. The highest BCUT2D eigenvalue weighted by molar-refractivity contribution is 7.89. The average molecular weight is 417 g/mol. The lowest BCUT2D eigenvalue weighted by atomic mass is 10.2. The summed E-state index contributed by atoms with van der Waals surface area (Å²) in [6.45, 7) is 1.92. The second-order valence-electron chi connectivity index (χ2n) is 6.47. The van der Waals surface area contributed by atoms with Crippen LogP contribution in [0.3, 0.4) is 0 Å². The standard InChI is InChI=1S/C20H20N2O4S2/c1-26-20(23)18-19(16-9-5-6-10-17(16)27-18)28(24,25)22-13-11-21(12-14-22)15-7-3-2-4-8-15/h2-10H,11-14H2,1H3. The predicted octanol–water partition coefficient (Wildman–Crippen LogP) is 3.20. The number of hydrogen-bond donors (Lipinski definition) is 0. The van der Waals surface area contributed by atoms with Crippen LogP contribution in [0.25, 0.3) is 10.1 Å². The summed E-state index contributed by atoms with van der Waals surface area (Å²) in [6.07, 6.45) is 0. The van der Waals surface area contributed by atoms with Crippen molar-refractivity contribution in [2.75, 3.05) is 38.2 Å². The van der Waals surface area contributed by atoms with Gasteiger partial charge in [-0.15, -0.1) is 11.3 Å². The lowest BCUT2D eigenvalue weighted by Gasteiger charge is -2.35. The van der Waals surface area contributed by atoms with Gasteiger partial charge in [0.05, 0.1) is 7.11 Å². The second kappa shape index (κ2) is 7.54. The molecule has 8 heteroatoms. The molecular formula is C20H20N2O4S2. The summed E-state index contributed by atoms with van der Waals surface area (Å²) in [4.78, 5) is 14.6. The van der Waals surface area contributed by atoms with Crippen molar-refractivity contribution in [2.45, 2.75) is 4.90 Å². The Morgan fingerprint density at radius 2 is 1.61 bits per heavy atom. The van der Waals surface area contributed by atoms with Gasteiger partial charge in [-0.1, -0.05) is 36.4 Å². The van der Waals surface area contributed by atoms with Gasteiger partial charge < -0.3 is 9.64 Å². The molecule has 1 aliphatic rings. The van der Waals surface area contributed by atoms with Crippen LogP contribution in [-0.2, 0) is 14.8 Å². The zero-order chi connectivity index (χ0) is 19.7. The Bertz CT molecular complexity index is 1100. The number of piperazine rings is 1. The highest BCUT2D eigenvalue weighted by Crippen LogP contribution is 2.37. The molecule has 2 heterocycles. The van der Waals surface area contributed by atoms with Gasteiger partial charge in [-0.2, -0.15) is 4.31 Å². The summed E-state index contributed by atoms with van der Waals surface area (Å²) in [5, 5.41) is 0.568. The van der Waals surface area contributed by atoms with E-state index in [1.54, 1.807) is 12.1 Å². The van der Waals surface area contributed by atoms with E-state index in [4.69, 9.17) is 4.74 Å². The summed E-state index contributed by atoms with van der Waals surface area (Å²) in [5.74, 6) is -0.623. The molecule has 3 aromatic rings. The van der Waals surface area contributed by atoms with Crippen LogP contribution < -0.4 is 4.90 Å². The van der Waals surface area contributed by atoms with Crippen molar-refractivity contribution in [1.82, 2.24) is 4.31 Å². The fourth-order valence-electron chi connectivity index (χ4n) is 3.46. The molecule has 1 saturated heterocycles. The first-order valence-electron chi connectivity index (χ1n) is 8.92. The summed E-state index contributed by atoms with van der Waals surface area (Å²) in [5.41, 5.74) is 1.08. The smallest absolute Gasteiger partial charge is 0.349 e. The number of thiophene rings is 1. The fraction of sp³-hybridized carbons (Fsp3) is 0.250. The Labute approximate surface area is 168 Å². The van der Waals surface area contributed by atoms with Crippen LogP contribution in [0.2, 0.25) is 0 Å². The number of sulfonamides is 1. The van der Waals surface area contributed by atoms with Gasteiger partial charge in [0.2, 0.25) is 10.0 Å². The number of esters is 1. The van der Waals surface area contributed by atoms with Crippen LogP contribution in [0.5, 0.6) is 0 Å². The fourth-order valence-corrected chi connectivity index (χ4v) is 6.66. The first-order chi connectivity index (χ1) is 13.5. The first-order valence-corrected chi connectivity index (χ1v) is 11.2. The SMILES string of the molecule is COC(=O)c1sc2ccccc2c1S(=O)(=O)N1CCN(c2ccccc2)CC1. The molecule has 1 aromatic heterocycles. The molecule has 0 amide bonds. The predicted molar refractivity (Wildman–Crippen MR) is 111 cm³/mol. The van der Waals surface area contributed by atoms with Gasteiger partial charge in [-0.05, 0) is 18.2 Å². The molecule has 6 nitrogen and oxygen atoms in total. The average Bonchev–Trinajstić information content (AvgIpc) is 3.14. The molecule has 0 unspecified atom stereocenters. The number of rotatable bonds is 4. The molecule has 28 heavy (non-hydrogen) atoms. The van der Waals surface area contributed by atoms with Crippen LogP contribution in [0.1, 0.15) is 9.67 Å². The highest BCUT2D eigenvalue weighted by Gasteiger charge is 2.35. The Kier molecular flexibility index (Phi) is 5.09. The molecule has 1 aliphatic heterocycles. The summed E-state index contributed by atoms with van der Waals surface area (Å²) >= 11 is 1.15. The number of carbonyl (C=O) groups is 1. The first kappa shape index (κ1) is 18.9. The Morgan fingerprint density at radius 3 is 2.29 bits per heavy atom. The van der Waals surface area contributed by atoms with Gasteiger partial charge in [0.1, 0.15) is 9.77 Å². The van der Waals surface area contributed by atoms with E-state index in [-0.39, 0.29) is 9.77 Å². The van der Waals surface area contributed by atoms with Crippen molar-refractivity contribution in [3.05, 3.63) is 59.5 Å². The topological polar surface area (TPSA) is 66.9 Å². The Morgan fingerprint density at radius 1 is 0.964 bits per heavy atom. The molecule has 146 valence electrons. The van der Waals surface area contributed by atoms with E-state index in [9.17, 15) is 13.2 Å². The van der Waals surface area contributed by atoms with E-state index >= 15 is 0 Å². The lowest BCUT2D eigenvalue weighted by molar-refractivity contribution is 0.0602. The van der Waals surface area contributed by atoms with E-state index in [0.29, 0.717) is 31.6 Å². The van der Waals surface area contributed by atoms with Crippen molar-refractivity contribution in [1.29, 1.82) is 0 Å². The molecule has 0 radical (unpaired) electrons. The maximum absolute atomic E-state index is 13.5. The van der Waals surface area contributed by atoms with E-state index in [1.807, 2.05) is 42.5 Å². The van der Waals surface area contributed by atoms with Gasteiger partial charge in [0, 0.05) is 42.0 Å². The number of fused-ring (bicyclic) bond motifs is 1. The van der Waals surface area contributed by atoms with Gasteiger partial charge in [-0.3, -0.25) is 0 Å². The van der Waals surface area contributed by atoms with Crippen molar-refractivity contribution in [2.24, 2.45) is 0 Å². The van der Waals surface area contributed by atoms with Crippen molar-refractivity contribution in [3.63, 3.8) is 0 Å². The normalized spacial score (nSPS) is 15.7. The minimum atomic E-state index is -3.82. The maximum Gasteiger partial charge on any atom is 0.349 e. The number of para-hydroxylation sites is 1. The monoisotopic (exact) mass is 416 g/mol. The number of carbonyl (C=O) groups excluding carboxylic acids is 1. The number of ether oxygens (including phenoxy) is 1. The number of benzene rings is 2. The Hall–Kier alpha value is -2.42. The van der Waals surface area contributed by atoms with Gasteiger partial charge in [0.15, 0.2) is 0 Å². The largest absolute Gasteiger partial charge is 0.465 e. The van der Waals surface area contributed by atoms with Gasteiger partial charge in [0.25, 0.3) is 0 Å². The van der Waals surface area contributed by atoms with E-state index in [1.165, 1.54) is 11.4 Å². The minimum absolute atomic E-state index is 0.0631.